The third-order valence-electron chi connectivity index (χ3n) is 3.79. The summed E-state index contributed by atoms with van der Waals surface area (Å²) in [6.45, 7) is 0. The zero-order valence-electron chi connectivity index (χ0n) is 11.8. The molecule has 0 N–H and O–H groups in total. The first-order valence-corrected chi connectivity index (χ1v) is 7.51. The third kappa shape index (κ3) is 2.40. The highest BCUT2D eigenvalue weighted by Crippen LogP contribution is 2.31. The number of rotatable bonds is 2. The van der Waals surface area contributed by atoms with Crippen molar-refractivity contribution in [3.8, 4) is 22.3 Å². The summed E-state index contributed by atoms with van der Waals surface area (Å²) in [5.41, 5.74) is 5.35. The number of halogens is 1. The quantitative estimate of drug-likeness (QED) is 0.416. The molecule has 0 aliphatic heterocycles. The molecule has 0 saturated heterocycles. The molecule has 4 rings (SSSR count). The van der Waals surface area contributed by atoms with Crippen LogP contribution in [0.25, 0.3) is 33.2 Å². The van der Waals surface area contributed by atoms with Gasteiger partial charge in [0.25, 0.3) is 0 Å². The van der Waals surface area contributed by atoms with Crippen LogP contribution in [0.15, 0.2) is 83.5 Å². The fourth-order valence-electron chi connectivity index (χ4n) is 2.69. The predicted octanol–water partition coefficient (Wildman–Crippen LogP) is 6.42. The van der Waals surface area contributed by atoms with E-state index in [1.54, 1.807) is 6.26 Å². The average Bonchev–Trinajstić information content (AvgIpc) is 3.02. The Morgan fingerprint density at radius 3 is 2.23 bits per heavy atom. The summed E-state index contributed by atoms with van der Waals surface area (Å²) in [5, 5.41) is 1.84. The maximum Gasteiger partial charge on any atom is 0.134 e. The van der Waals surface area contributed by atoms with Gasteiger partial charge >= 0.3 is 0 Å². The molecule has 1 aromatic heterocycles. The normalized spacial score (nSPS) is 11.0. The van der Waals surface area contributed by atoms with E-state index >= 15 is 0 Å². The van der Waals surface area contributed by atoms with E-state index in [1.807, 2.05) is 36.4 Å². The molecule has 1 heterocycles. The molecule has 0 aliphatic carbocycles. The summed E-state index contributed by atoms with van der Waals surface area (Å²) in [4.78, 5) is 0. The smallest absolute Gasteiger partial charge is 0.134 e. The molecule has 0 bridgehead atoms. The van der Waals surface area contributed by atoms with Gasteiger partial charge in [0.2, 0.25) is 0 Å². The molecule has 4 aromatic rings. The Kier molecular flexibility index (Phi) is 3.21. The number of benzene rings is 3. The summed E-state index contributed by atoms with van der Waals surface area (Å²) in [6, 6.07) is 24.6. The van der Waals surface area contributed by atoms with Crippen LogP contribution >= 0.6 is 11.6 Å². The molecular weight excluding hydrogens is 292 g/mol. The Hall–Kier alpha value is -2.51. The van der Waals surface area contributed by atoms with Crippen LogP contribution < -0.4 is 0 Å². The Balaban J connectivity index is 1.86. The largest absolute Gasteiger partial charge is 0.464 e. The molecule has 0 fully saturated rings. The van der Waals surface area contributed by atoms with Gasteiger partial charge < -0.3 is 4.42 Å². The fraction of sp³-hybridized carbons (Fsp3) is 0. The third-order valence-corrected chi connectivity index (χ3v) is 4.01. The van der Waals surface area contributed by atoms with Crippen LogP contribution in [0.3, 0.4) is 0 Å². The van der Waals surface area contributed by atoms with Crippen molar-refractivity contribution in [3.63, 3.8) is 0 Å². The Morgan fingerprint density at radius 2 is 1.41 bits per heavy atom. The number of hydrogen-bond acceptors (Lipinski definition) is 1. The summed E-state index contributed by atoms with van der Waals surface area (Å²) >= 11 is 6.32. The molecule has 106 valence electrons. The lowest BCUT2D eigenvalue weighted by Gasteiger charge is -2.08. The van der Waals surface area contributed by atoms with E-state index in [0.717, 1.165) is 38.2 Å². The minimum Gasteiger partial charge on any atom is -0.464 e. The molecule has 1 nitrogen and oxygen atoms in total. The fourth-order valence-corrected chi connectivity index (χ4v) is 2.92. The van der Waals surface area contributed by atoms with Crippen LogP contribution in [0.2, 0.25) is 5.02 Å². The zero-order valence-corrected chi connectivity index (χ0v) is 12.5. The van der Waals surface area contributed by atoms with Crippen molar-refractivity contribution in [2.75, 3.05) is 0 Å². The van der Waals surface area contributed by atoms with E-state index in [4.69, 9.17) is 16.0 Å². The lowest BCUT2D eigenvalue weighted by molar-refractivity contribution is 0.616. The van der Waals surface area contributed by atoms with Gasteiger partial charge in [-0.25, -0.2) is 0 Å². The van der Waals surface area contributed by atoms with Crippen LogP contribution in [0.1, 0.15) is 0 Å². The zero-order chi connectivity index (χ0) is 14.9. The second-order valence-corrected chi connectivity index (χ2v) is 5.70. The lowest BCUT2D eigenvalue weighted by atomic mass is 9.98. The van der Waals surface area contributed by atoms with Crippen molar-refractivity contribution in [2.45, 2.75) is 0 Å². The molecule has 0 spiro atoms. The van der Waals surface area contributed by atoms with Gasteiger partial charge in [0, 0.05) is 10.4 Å². The second-order valence-electron chi connectivity index (χ2n) is 5.27. The lowest BCUT2D eigenvalue weighted by Crippen LogP contribution is -1.82. The summed E-state index contributed by atoms with van der Waals surface area (Å²) < 4.78 is 5.49. The van der Waals surface area contributed by atoms with Gasteiger partial charge in [0.15, 0.2) is 0 Å². The van der Waals surface area contributed by atoms with Gasteiger partial charge in [-0.15, -0.1) is 0 Å². The van der Waals surface area contributed by atoms with Crippen LogP contribution in [-0.2, 0) is 0 Å². The average molecular weight is 305 g/mol. The Morgan fingerprint density at radius 1 is 0.636 bits per heavy atom. The van der Waals surface area contributed by atoms with E-state index in [0.29, 0.717) is 0 Å². The molecule has 0 amide bonds. The standard InChI is InChI=1S/C20H13ClO/c21-19-11-17(14-4-2-1-3-5-14)10-18(12-19)16-7-6-15-8-9-22-20(15)13-16/h1-13H. The molecular formula is C20H13ClO. The molecule has 0 aliphatic rings. The maximum absolute atomic E-state index is 6.32. The van der Waals surface area contributed by atoms with Crippen molar-refractivity contribution in [2.24, 2.45) is 0 Å². The maximum atomic E-state index is 6.32. The van der Waals surface area contributed by atoms with Crippen LogP contribution in [-0.4, -0.2) is 0 Å². The van der Waals surface area contributed by atoms with E-state index < -0.39 is 0 Å². The van der Waals surface area contributed by atoms with Crippen LogP contribution in [0.4, 0.5) is 0 Å². The van der Waals surface area contributed by atoms with Crippen molar-refractivity contribution in [1.82, 2.24) is 0 Å². The van der Waals surface area contributed by atoms with Gasteiger partial charge in [0.1, 0.15) is 5.58 Å². The summed E-state index contributed by atoms with van der Waals surface area (Å²) in [5.74, 6) is 0. The van der Waals surface area contributed by atoms with Crippen molar-refractivity contribution in [1.29, 1.82) is 0 Å². The van der Waals surface area contributed by atoms with E-state index in [9.17, 15) is 0 Å². The van der Waals surface area contributed by atoms with Gasteiger partial charge in [-0.05, 0) is 52.6 Å². The van der Waals surface area contributed by atoms with E-state index in [-0.39, 0.29) is 0 Å². The highest BCUT2D eigenvalue weighted by Gasteiger charge is 2.06. The molecule has 3 aromatic carbocycles. The van der Waals surface area contributed by atoms with Crippen molar-refractivity contribution < 1.29 is 4.42 Å². The van der Waals surface area contributed by atoms with Crippen LogP contribution in [0, 0.1) is 0 Å². The molecule has 22 heavy (non-hydrogen) atoms. The minimum atomic E-state index is 0.732. The molecule has 2 heteroatoms. The van der Waals surface area contributed by atoms with Crippen molar-refractivity contribution in [3.05, 3.63) is 84.1 Å². The topological polar surface area (TPSA) is 13.1 Å². The minimum absolute atomic E-state index is 0.732. The number of fused-ring (bicyclic) bond motifs is 1. The number of hydrogen-bond donors (Lipinski definition) is 0. The number of furan rings is 1. The molecule has 0 atom stereocenters. The predicted molar refractivity (Wildman–Crippen MR) is 92.1 cm³/mol. The SMILES string of the molecule is Clc1cc(-c2ccccc2)cc(-c2ccc3ccoc3c2)c1. The molecule has 0 unspecified atom stereocenters. The summed E-state index contributed by atoms with van der Waals surface area (Å²) in [6.07, 6.45) is 1.71. The Bertz CT molecular complexity index is 938. The molecule has 0 saturated carbocycles. The summed E-state index contributed by atoms with van der Waals surface area (Å²) in [7, 11) is 0. The van der Waals surface area contributed by atoms with Crippen LogP contribution in [0.5, 0.6) is 0 Å². The first kappa shape index (κ1) is 13.2. The van der Waals surface area contributed by atoms with E-state index in [2.05, 4.69) is 36.4 Å². The van der Waals surface area contributed by atoms with Gasteiger partial charge in [-0.1, -0.05) is 54.1 Å². The van der Waals surface area contributed by atoms with Gasteiger partial charge in [-0.3, -0.25) is 0 Å². The monoisotopic (exact) mass is 304 g/mol. The van der Waals surface area contributed by atoms with E-state index in [1.165, 1.54) is 0 Å². The first-order chi connectivity index (χ1) is 10.8. The van der Waals surface area contributed by atoms with Crippen molar-refractivity contribution >= 4 is 22.6 Å². The second kappa shape index (κ2) is 5.36. The van der Waals surface area contributed by atoms with Gasteiger partial charge in [-0.2, -0.15) is 0 Å². The van der Waals surface area contributed by atoms with Gasteiger partial charge in [0.05, 0.1) is 6.26 Å². The Labute approximate surface area is 133 Å². The molecule has 0 radical (unpaired) electrons. The highest BCUT2D eigenvalue weighted by molar-refractivity contribution is 6.31. The first-order valence-electron chi connectivity index (χ1n) is 7.13. The highest BCUT2D eigenvalue weighted by atomic mass is 35.5.